The number of H-pyrrole nitrogens is 1. The molecule has 0 spiro atoms. The third-order valence-corrected chi connectivity index (χ3v) is 3.91. The van der Waals surface area contributed by atoms with Gasteiger partial charge < -0.3 is 9.88 Å². The maximum Gasteiger partial charge on any atom is 0.227 e. The second-order valence-electron chi connectivity index (χ2n) is 5.07. The van der Waals surface area contributed by atoms with Crippen LogP contribution in [0.5, 0.6) is 0 Å². The first-order valence-corrected chi connectivity index (χ1v) is 6.76. The lowest BCUT2D eigenvalue weighted by atomic mass is 10.1. The highest BCUT2D eigenvalue weighted by molar-refractivity contribution is 5.89. The van der Waals surface area contributed by atoms with Crippen molar-refractivity contribution in [1.82, 2.24) is 9.88 Å². The van der Waals surface area contributed by atoms with Gasteiger partial charge in [0.05, 0.1) is 6.42 Å². The first-order chi connectivity index (χ1) is 9.29. The third kappa shape index (κ3) is 2.16. The Hall–Kier alpha value is -2.03. The molecule has 1 N–H and O–H groups in total. The van der Waals surface area contributed by atoms with Crippen molar-refractivity contribution in [3.05, 3.63) is 48.7 Å². The topological polar surface area (TPSA) is 36.1 Å². The summed E-state index contributed by atoms with van der Waals surface area (Å²) >= 11 is 0. The molecule has 1 saturated heterocycles. The summed E-state index contributed by atoms with van der Waals surface area (Å²) in [6, 6.07) is 8.32. The number of rotatable bonds is 3. The van der Waals surface area contributed by atoms with E-state index in [0.717, 1.165) is 35.9 Å². The summed E-state index contributed by atoms with van der Waals surface area (Å²) in [4.78, 5) is 17.6. The van der Waals surface area contributed by atoms with E-state index in [1.54, 1.807) is 0 Å². The van der Waals surface area contributed by atoms with Crippen molar-refractivity contribution in [2.75, 3.05) is 6.54 Å². The van der Waals surface area contributed by atoms with E-state index in [4.69, 9.17) is 0 Å². The van der Waals surface area contributed by atoms with Gasteiger partial charge in [-0.2, -0.15) is 0 Å². The van der Waals surface area contributed by atoms with Gasteiger partial charge in [0.2, 0.25) is 5.91 Å². The van der Waals surface area contributed by atoms with Crippen molar-refractivity contribution >= 4 is 16.8 Å². The molecule has 3 rings (SSSR count). The lowest BCUT2D eigenvalue weighted by Gasteiger charge is -2.21. The standard InChI is InChI=1S/C16H18N2O/c1-2-13-6-5-9-18(13)16(19)10-12-11-17-15-8-4-3-7-14(12)15/h2-4,7-8,11,13,17H,1,5-6,9-10H2. The molecule has 0 aliphatic carbocycles. The van der Waals surface area contributed by atoms with E-state index in [0.29, 0.717) is 6.42 Å². The predicted octanol–water partition coefficient (Wildman–Crippen LogP) is 2.89. The molecule has 19 heavy (non-hydrogen) atoms. The summed E-state index contributed by atoms with van der Waals surface area (Å²) in [6.07, 6.45) is 6.43. The Kier molecular flexibility index (Phi) is 3.11. The molecule has 1 amide bonds. The van der Waals surface area contributed by atoms with Crippen molar-refractivity contribution in [2.24, 2.45) is 0 Å². The summed E-state index contributed by atoms with van der Waals surface area (Å²) in [7, 11) is 0. The van der Waals surface area contributed by atoms with Crippen molar-refractivity contribution in [3.8, 4) is 0 Å². The summed E-state index contributed by atoms with van der Waals surface area (Å²) < 4.78 is 0. The zero-order chi connectivity index (χ0) is 13.2. The van der Waals surface area contributed by atoms with Crippen LogP contribution < -0.4 is 0 Å². The minimum Gasteiger partial charge on any atom is -0.361 e. The molecule has 1 aliphatic rings. The number of para-hydroxylation sites is 1. The van der Waals surface area contributed by atoms with Crippen molar-refractivity contribution in [1.29, 1.82) is 0 Å². The molecule has 2 heterocycles. The lowest BCUT2D eigenvalue weighted by molar-refractivity contribution is -0.130. The van der Waals surface area contributed by atoms with E-state index in [1.807, 2.05) is 35.4 Å². The van der Waals surface area contributed by atoms with Crippen molar-refractivity contribution in [3.63, 3.8) is 0 Å². The minimum atomic E-state index is 0.201. The molecule has 3 heteroatoms. The van der Waals surface area contributed by atoms with Gasteiger partial charge in [0.25, 0.3) is 0 Å². The van der Waals surface area contributed by atoms with Crippen LogP contribution in [-0.4, -0.2) is 28.4 Å². The number of hydrogen-bond acceptors (Lipinski definition) is 1. The van der Waals surface area contributed by atoms with E-state index >= 15 is 0 Å². The number of aromatic amines is 1. The molecule has 0 saturated carbocycles. The van der Waals surface area contributed by atoms with Crippen LogP contribution in [0.25, 0.3) is 10.9 Å². The quantitative estimate of drug-likeness (QED) is 0.840. The lowest BCUT2D eigenvalue weighted by Crippen LogP contribution is -2.35. The molecular weight excluding hydrogens is 236 g/mol. The fourth-order valence-corrected chi connectivity index (χ4v) is 2.89. The van der Waals surface area contributed by atoms with E-state index < -0.39 is 0 Å². The van der Waals surface area contributed by atoms with Gasteiger partial charge in [-0.15, -0.1) is 6.58 Å². The zero-order valence-corrected chi connectivity index (χ0v) is 10.9. The average Bonchev–Trinajstić information content (AvgIpc) is 3.05. The number of likely N-dealkylation sites (tertiary alicyclic amines) is 1. The Bertz CT molecular complexity index is 614. The van der Waals surface area contributed by atoms with E-state index in [-0.39, 0.29) is 11.9 Å². The van der Waals surface area contributed by atoms with Gasteiger partial charge in [-0.05, 0) is 24.5 Å². The molecule has 1 fully saturated rings. The molecule has 1 atom stereocenters. The molecule has 1 aromatic carbocycles. The Morgan fingerprint density at radius 3 is 3.16 bits per heavy atom. The molecular formula is C16H18N2O. The van der Waals surface area contributed by atoms with Gasteiger partial charge in [0.1, 0.15) is 0 Å². The van der Waals surface area contributed by atoms with Crippen LogP contribution in [0.4, 0.5) is 0 Å². The Morgan fingerprint density at radius 1 is 1.47 bits per heavy atom. The molecule has 1 aliphatic heterocycles. The van der Waals surface area contributed by atoms with Gasteiger partial charge >= 0.3 is 0 Å². The Balaban J connectivity index is 1.81. The number of carbonyl (C=O) groups is 1. The van der Waals surface area contributed by atoms with Gasteiger partial charge in [-0.25, -0.2) is 0 Å². The molecule has 98 valence electrons. The molecule has 1 unspecified atom stereocenters. The molecule has 0 radical (unpaired) electrons. The zero-order valence-electron chi connectivity index (χ0n) is 10.9. The number of aromatic nitrogens is 1. The van der Waals surface area contributed by atoms with Crippen molar-refractivity contribution < 1.29 is 4.79 Å². The fraction of sp³-hybridized carbons (Fsp3) is 0.312. The number of carbonyl (C=O) groups excluding carboxylic acids is 1. The first kappa shape index (κ1) is 12.0. The second kappa shape index (κ2) is 4.92. The third-order valence-electron chi connectivity index (χ3n) is 3.91. The van der Waals surface area contributed by atoms with Crippen LogP contribution in [0, 0.1) is 0 Å². The fourth-order valence-electron chi connectivity index (χ4n) is 2.89. The molecule has 0 bridgehead atoms. The summed E-state index contributed by atoms with van der Waals surface area (Å²) in [5.74, 6) is 0.201. The normalized spacial score (nSPS) is 18.9. The highest BCUT2D eigenvalue weighted by Gasteiger charge is 2.26. The maximum atomic E-state index is 12.4. The number of nitrogens with one attached hydrogen (secondary N) is 1. The second-order valence-corrected chi connectivity index (χ2v) is 5.07. The van der Waals surface area contributed by atoms with Crippen LogP contribution in [0.3, 0.4) is 0 Å². The highest BCUT2D eigenvalue weighted by Crippen LogP contribution is 2.22. The van der Waals surface area contributed by atoms with Gasteiger partial charge in [0.15, 0.2) is 0 Å². The summed E-state index contributed by atoms with van der Waals surface area (Å²) in [5, 5.41) is 1.14. The first-order valence-electron chi connectivity index (χ1n) is 6.76. The monoisotopic (exact) mass is 254 g/mol. The number of fused-ring (bicyclic) bond motifs is 1. The summed E-state index contributed by atoms with van der Waals surface area (Å²) in [6.45, 7) is 4.68. The average molecular weight is 254 g/mol. The van der Waals surface area contributed by atoms with Crippen LogP contribution in [0.2, 0.25) is 0 Å². The van der Waals surface area contributed by atoms with Crippen LogP contribution >= 0.6 is 0 Å². The highest BCUT2D eigenvalue weighted by atomic mass is 16.2. The molecule has 2 aromatic rings. The number of hydrogen-bond donors (Lipinski definition) is 1. The maximum absolute atomic E-state index is 12.4. The van der Waals surface area contributed by atoms with E-state index in [1.165, 1.54) is 0 Å². The van der Waals surface area contributed by atoms with Gasteiger partial charge in [0, 0.05) is 29.7 Å². The number of nitrogens with zero attached hydrogens (tertiary/aromatic N) is 1. The number of benzene rings is 1. The minimum absolute atomic E-state index is 0.201. The predicted molar refractivity (Wildman–Crippen MR) is 76.9 cm³/mol. The smallest absolute Gasteiger partial charge is 0.227 e. The summed E-state index contributed by atoms with van der Waals surface area (Å²) in [5.41, 5.74) is 2.17. The van der Waals surface area contributed by atoms with Crippen LogP contribution in [-0.2, 0) is 11.2 Å². The molecule has 1 aromatic heterocycles. The SMILES string of the molecule is C=CC1CCCN1C(=O)Cc1c[nH]c2ccccc12. The van der Waals surface area contributed by atoms with Crippen LogP contribution in [0.15, 0.2) is 43.1 Å². The molecule has 3 nitrogen and oxygen atoms in total. The van der Waals surface area contributed by atoms with Crippen molar-refractivity contribution in [2.45, 2.75) is 25.3 Å². The number of amides is 1. The van der Waals surface area contributed by atoms with Gasteiger partial charge in [-0.1, -0.05) is 24.3 Å². The Morgan fingerprint density at radius 2 is 2.32 bits per heavy atom. The largest absolute Gasteiger partial charge is 0.361 e. The van der Waals surface area contributed by atoms with Gasteiger partial charge in [-0.3, -0.25) is 4.79 Å². The van der Waals surface area contributed by atoms with Crippen LogP contribution in [0.1, 0.15) is 18.4 Å². The van der Waals surface area contributed by atoms with E-state index in [2.05, 4.69) is 17.6 Å². The Labute approximate surface area is 112 Å². The van der Waals surface area contributed by atoms with E-state index in [9.17, 15) is 4.79 Å².